The minimum absolute atomic E-state index is 0.205. The van der Waals surface area contributed by atoms with E-state index in [9.17, 15) is 9.59 Å². The molecule has 0 atom stereocenters. The van der Waals surface area contributed by atoms with E-state index in [4.69, 9.17) is 21.1 Å². The zero-order valence-corrected chi connectivity index (χ0v) is 17.8. The topological polar surface area (TPSA) is 60.8 Å². The number of aromatic nitrogens is 1. The van der Waals surface area contributed by atoms with Crippen LogP contribution in [0.3, 0.4) is 0 Å². The normalized spacial score (nSPS) is 10.5. The third-order valence-corrected chi connectivity index (χ3v) is 5.14. The van der Waals surface area contributed by atoms with E-state index in [1.807, 2.05) is 30.3 Å². The van der Waals surface area contributed by atoms with Crippen molar-refractivity contribution in [3.63, 3.8) is 0 Å². The lowest BCUT2D eigenvalue weighted by Gasteiger charge is -2.20. The van der Waals surface area contributed by atoms with Gasteiger partial charge in [0.25, 0.3) is 11.5 Å². The lowest BCUT2D eigenvalue weighted by molar-refractivity contribution is 0.0783. The second-order valence-corrected chi connectivity index (χ2v) is 7.20. The maximum absolute atomic E-state index is 13.0. The fourth-order valence-electron chi connectivity index (χ4n) is 3.22. The number of pyridine rings is 1. The number of nitrogens with zero attached hydrogens (tertiary/aromatic N) is 2. The predicted molar refractivity (Wildman–Crippen MR) is 117 cm³/mol. The van der Waals surface area contributed by atoms with Gasteiger partial charge in [-0.05, 0) is 23.8 Å². The molecule has 0 N–H and O–H groups in total. The summed E-state index contributed by atoms with van der Waals surface area (Å²) < 4.78 is 12.2. The first-order valence-electron chi connectivity index (χ1n) is 9.33. The molecule has 0 bridgehead atoms. The smallest absolute Gasteiger partial charge is 0.255 e. The molecule has 0 unspecified atom stereocenters. The van der Waals surface area contributed by atoms with Gasteiger partial charge < -0.3 is 18.9 Å². The number of benzene rings is 2. The summed E-state index contributed by atoms with van der Waals surface area (Å²) in [6.07, 6.45) is 1.56. The van der Waals surface area contributed by atoms with Crippen LogP contribution in [0.1, 0.15) is 21.5 Å². The number of hydrogen-bond acceptors (Lipinski definition) is 4. The first-order chi connectivity index (χ1) is 14.4. The number of halogens is 1. The Morgan fingerprint density at radius 3 is 2.43 bits per heavy atom. The van der Waals surface area contributed by atoms with Crippen molar-refractivity contribution >= 4 is 17.5 Å². The summed E-state index contributed by atoms with van der Waals surface area (Å²) in [6.45, 7) is 0.607. The van der Waals surface area contributed by atoms with Crippen LogP contribution in [-0.2, 0) is 13.1 Å². The maximum atomic E-state index is 13.0. The molecular weight excluding hydrogens is 404 g/mol. The van der Waals surface area contributed by atoms with E-state index in [0.29, 0.717) is 28.6 Å². The van der Waals surface area contributed by atoms with Crippen molar-refractivity contribution in [2.45, 2.75) is 13.1 Å². The SMILES string of the molecule is COc1cccc(CN(C)C(=O)c2ccc(=O)n(Cc3ccccc3Cl)c2)c1OC. The summed E-state index contributed by atoms with van der Waals surface area (Å²) in [5.74, 6) is 0.972. The average molecular weight is 427 g/mol. The molecule has 3 rings (SSSR count). The molecule has 7 heteroatoms. The number of carbonyl (C=O) groups is 1. The Morgan fingerprint density at radius 2 is 1.73 bits per heavy atom. The van der Waals surface area contributed by atoms with Crippen LogP contribution in [-0.4, -0.2) is 36.6 Å². The van der Waals surface area contributed by atoms with E-state index in [1.54, 1.807) is 44.5 Å². The second-order valence-electron chi connectivity index (χ2n) is 6.79. The average Bonchev–Trinajstić information content (AvgIpc) is 2.76. The van der Waals surface area contributed by atoms with E-state index in [0.717, 1.165) is 11.1 Å². The standard InChI is InChI=1S/C23H23ClN2O4/c1-25(13-17-8-6-10-20(29-2)22(17)30-3)23(28)18-11-12-21(27)26(15-18)14-16-7-4-5-9-19(16)24/h4-12,15H,13-14H2,1-3H3. The Bertz CT molecular complexity index is 1110. The van der Waals surface area contributed by atoms with Gasteiger partial charge in [0, 0.05) is 36.4 Å². The predicted octanol–water partition coefficient (Wildman–Crippen LogP) is 3.84. The largest absolute Gasteiger partial charge is 0.493 e. The minimum atomic E-state index is -0.215. The molecule has 1 aromatic heterocycles. The molecule has 0 aliphatic carbocycles. The highest BCUT2D eigenvalue weighted by atomic mass is 35.5. The van der Waals surface area contributed by atoms with Crippen molar-refractivity contribution in [2.24, 2.45) is 0 Å². The van der Waals surface area contributed by atoms with Gasteiger partial charge in [-0.25, -0.2) is 0 Å². The number of methoxy groups -OCH3 is 2. The van der Waals surface area contributed by atoms with Crippen LogP contribution in [0.5, 0.6) is 11.5 Å². The van der Waals surface area contributed by atoms with Gasteiger partial charge in [-0.3, -0.25) is 9.59 Å². The Morgan fingerprint density at radius 1 is 1.00 bits per heavy atom. The highest BCUT2D eigenvalue weighted by molar-refractivity contribution is 6.31. The highest BCUT2D eigenvalue weighted by Crippen LogP contribution is 2.31. The van der Waals surface area contributed by atoms with Gasteiger partial charge in [0.2, 0.25) is 0 Å². The fourth-order valence-corrected chi connectivity index (χ4v) is 3.41. The van der Waals surface area contributed by atoms with Crippen LogP contribution in [0.15, 0.2) is 65.6 Å². The summed E-state index contributed by atoms with van der Waals surface area (Å²) in [4.78, 5) is 26.9. The quantitative estimate of drug-likeness (QED) is 0.576. The Labute approximate surface area is 180 Å². The van der Waals surface area contributed by atoms with Gasteiger partial charge in [-0.15, -0.1) is 0 Å². The summed E-state index contributed by atoms with van der Waals surface area (Å²) >= 11 is 6.21. The van der Waals surface area contributed by atoms with E-state index in [2.05, 4.69) is 0 Å². The van der Waals surface area contributed by atoms with Crippen LogP contribution in [0.4, 0.5) is 0 Å². The molecule has 3 aromatic rings. The third kappa shape index (κ3) is 4.66. The first-order valence-corrected chi connectivity index (χ1v) is 9.71. The van der Waals surface area contributed by atoms with Crippen LogP contribution >= 0.6 is 11.6 Å². The zero-order valence-electron chi connectivity index (χ0n) is 17.1. The van der Waals surface area contributed by atoms with Crippen molar-refractivity contribution in [1.29, 1.82) is 0 Å². The molecule has 0 spiro atoms. The number of para-hydroxylation sites is 1. The molecule has 0 radical (unpaired) electrons. The Hall–Kier alpha value is -3.25. The monoisotopic (exact) mass is 426 g/mol. The van der Waals surface area contributed by atoms with Gasteiger partial charge in [0.1, 0.15) is 0 Å². The van der Waals surface area contributed by atoms with Crippen molar-refractivity contribution in [3.05, 3.63) is 92.9 Å². The molecule has 6 nitrogen and oxygen atoms in total. The molecule has 0 aliphatic rings. The van der Waals surface area contributed by atoms with Crippen LogP contribution in [0, 0.1) is 0 Å². The third-order valence-electron chi connectivity index (χ3n) is 4.77. The number of carbonyl (C=O) groups excluding carboxylic acids is 1. The van der Waals surface area contributed by atoms with E-state index < -0.39 is 0 Å². The van der Waals surface area contributed by atoms with Crippen LogP contribution in [0.25, 0.3) is 0 Å². The van der Waals surface area contributed by atoms with Crippen molar-refractivity contribution in [1.82, 2.24) is 9.47 Å². The Kier molecular flexibility index (Phi) is 6.79. The molecule has 30 heavy (non-hydrogen) atoms. The molecule has 1 heterocycles. The summed E-state index contributed by atoms with van der Waals surface area (Å²) in [7, 11) is 4.83. The lowest BCUT2D eigenvalue weighted by Crippen LogP contribution is -2.29. The molecular formula is C23H23ClN2O4. The van der Waals surface area contributed by atoms with Gasteiger partial charge >= 0.3 is 0 Å². The first kappa shape index (κ1) is 21.5. The second kappa shape index (κ2) is 9.50. The molecule has 0 fully saturated rings. The van der Waals surface area contributed by atoms with E-state index in [1.165, 1.54) is 16.7 Å². The van der Waals surface area contributed by atoms with Crippen LogP contribution < -0.4 is 15.0 Å². The molecule has 156 valence electrons. The van der Waals surface area contributed by atoms with Gasteiger partial charge in [0.15, 0.2) is 11.5 Å². The Balaban J connectivity index is 1.83. The number of hydrogen-bond donors (Lipinski definition) is 0. The number of ether oxygens (including phenoxy) is 2. The number of rotatable bonds is 7. The molecule has 2 aromatic carbocycles. The lowest BCUT2D eigenvalue weighted by atomic mass is 10.1. The minimum Gasteiger partial charge on any atom is -0.493 e. The fraction of sp³-hybridized carbons (Fsp3) is 0.217. The molecule has 0 saturated carbocycles. The van der Waals surface area contributed by atoms with E-state index in [-0.39, 0.29) is 18.0 Å². The zero-order chi connectivity index (χ0) is 21.7. The van der Waals surface area contributed by atoms with Crippen molar-refractivity contribution in [2.75, 3.05) is 21.3 Å². The van der Waals surface area contributed by atoms with Crippen LogP contribution in [0.2, 0.25) is 5.02 Å². The van der Waals surface area contributed by atoms with Crippen molar-refractivity contribution in [3.8, 4) is 11.5 Å². The molecule has 0 aliphatic heterocycles. The summed E-state index contributed by atoms with van der Waals surface area (Å²) in [5, 5.41) is 0.573. The number of amides is 1. The summed E-state index contributed by atoms with van der Waals surface area (Å²) in [5.41, 5.74) is 1.83. The molecule has 1 amide bonds. The summed E-state index contributed by atoms with van der Waals surface area (Å²) in [6, 6.07) is 15.8. The maximum Gasteiger partial charge on any atom is 0.255 e. The molecule has 0 saturated heterocycles. The van der Waals surface area contributed by atoms with Gasteiger partial charge in [0.05, 0.1) is 26.3 Å². The van der Waals surface area contributed by atoms with Gasteiger partial charge in [-0.1, -0.05) is 41.9 Å². The van der Waals surface area contributed by atoms with E-state index >= 15 is 0 Å². The van der Waals surface area contributed by atoms with Gasteiger partial charge in [-0.2, -0.15) is 0 Å². The highest BCUT2D eigenvalue weighted by Gasteiger charge is 2.17. The van der Waals surface area contributed by atoms with Crippen molar-refractivity contribution < 1.29 is 14.3 Å².